The van der Waals surface area contributed by atoms with Gasteiger partial charge in [-0.2, -0.15) is 0 Å². The predicted octanol–water partition coefficient (Wildman–Crippen LogP) is 2.62. The molecule has 1 heterocycles. The van der Waals surface area contributed by atoms with Gasteiger partial charge in [-0.3, -0.25) is 4.79 Å². The minimum Gasteiger partial charge on any atom is -0.379 e. The van der Waals surface area contributed by atoms with Gasteiger partial charge < -0.3 is 10.6 Å². The van der Waals surface area contributed by atoms with Gasteiger partial charge in [-0.1, -0.05) is 0 Å². The summed E-state index contributed by atoms with van der Waals surface area (Å²) in [5.74, 6) is 0.451. The molecule has 0 unspecified atom stereocenters. The van der Waals surface area contributed by atoms with Crippen LogP contribution in [0.25, 0.3) is 10.9 Å². The molecule has 6 heteroatoms. The third kappa shape index (κ3) is 2.69. The summed E-state index contributed by atoms with van der Waals surface area (Å²) in [6.45, 7) is 4.06. The topological polar surface area (TPSA) is 66.9 Å². The Morgan fingerprint density at radius 3 is 2.78 bits per heavy atom. The van der Waals surface area contributed by atoms with Gasteiger partial charge in [0.1, 0.15) is 0 Å². The van der Waals surface area contributed by atoms with Crippen LogP contribution < -0.4 is 10.6 Å². The van der Waals surface area contributed by atoms with Crippen LogP contribution in [0.5, 0.6) is 0 Å². The molecule has 0 bridgehead atoms. The Labute approximate surface area is 119 Å². The Hall–Kier alpha value is -1.44. The lowest BCUT2D eigenvalue weighted by atomic mass is 10.2. The number of carbonyl (C=O) groups is 1. The monoisotopic (exact) mass is 356 g/mol. The molecule has 0 aliphatic heterocycles. The number of rotatable bonds is 4. The highest BCUT2D eigenvalue weighted by Gasteiger charge is 2.11. The lowest BCUT2D eigenvalue weighted by Crippen LogP contribution is -2.13. The molecular formula is C12H13IN4O. The normalized spacial score (nSPS) is 10.7. The number of fused-ring (bicyclic) bond motifs is 1. The van der Waals surface area contributed by atoms with E-state index in [0.717, 1.165) is 20.2 Å². The number of nitrogens with zero attached hydrogens (tertiary/aromatic N) is 2. The maximum atomic E-state index is 10.6. The van der Waals surface area contributed by atoms with Crippen LogP contribution >= 0.6 is 22.6 Å². The van der Waals surface area contributed by atoms with E-state index in [1.807, 2.05) is 32.0 Å². The van der Waals surface area contributed by atoms with Gasteiger partial charge in [-0.15, -0.1) is 10.2 Å². The van der Waals surface area contributed by atoms with Crippen LogP contribution in [0.15, 0.2) is 18.2 Å². The van der Waals surface area contributed by atoms with Gasteiger partial charge in [-0.05, 0) is 54.6 Å². The second kappa shape index (κ2) is 5.47. The molecule has 5 nitrogen and oxygen atoms in total. The lowest BCUT2D eigenvalue weighted by molar-refractivity contribution is -0.105. The molecule has 0 radical (unpaired) electrons. The van der Waals surface area contributed by atoms with E-state index in [9.17, 15) is 4.79 Å². The molecule has 18 heavy (non-hydrogen) atoms. The third-order valence-corrected chi connectivity index (χ3v) is 3.02. The molecule has 0 saturated carbocycles. The highest BCUT2D eigenvalue weighted by molar-refractivity contribution is 14.1. The van der Waals surface area contributed by atoms with Gasteiger partial charge in [0.25, 0.3) is 0 Å². The number of halogens is 1. The van der Waals surface area contributed by atoms with Crippen molar-refractivity contribution in [2.75, 3.05) is 10.6 Å². The molecule has 1 amide bonds. The van der Waals surface area contributed by atoms with E-state index in [0.29, 0.717) is 12.2 Å². The Bertz CT molecular complexity index is 586. The first-order valence-corrected chi connectivity index (χ1v) is 6.62. The fraction of sp³-hybridized carbons (Fsp3) is 0.250. The number of anilines is 2. The average molecular weight is 356 g/mol. The quantitative estimate of drug-likeness (QED) is 0.653. The number of aromatic nitrogens is 2. The summed E-state index contributed by atoms with van der Waals surface area (Å²) in [5, 5.41) is 15.0. The molecule has 94 valence electrons. The third-order valence-electron chi connectivity index (χ3n) is 2.35. The summed E-state index contributed by atoms with van der Waals surface area (Å²) in [4.78, 5) is 10.6. The van der Waals surface area contributed by atoms with Crippen LogP contribution in [0.1, 0.15) is 13.8 Å². The zero-order chi connectivity index (χ0) is 13.1. The molecule has 2 aromatic rings. The van der Waals surface area contributed by atoms with Crippen molar-refractivity contribution in [3.8, 4) is 0 Å². The molecule has 0 aliphatic carbocycles. The van der Waals surface area contributed by atoms with Crippen molar-refractivity contribution in [1.82, 2.24) is 10.2 Å². The predicted molar refractivity (Wildman–Crippen MR) is 80.7 cm³/mol. The van der Waals surface area contributed by atoms with Crippen molar-refractivity contribution in [3.05, 3.63) is 21.8 Å². The molecule has 0 spiro atoms. The van der Waals surface area contributed by atoms with Crippen LogP contribution in [0.3, 0.4) is 0 Å². The van der Waals surface area contributed by atoms with Crippen molar-refractivity contribution < 1.29 is 4.79 Å². The van der Waals surface area contributed by atoms with E-state index in [1.165, 1.54) is 0 Å². The molecule has 0 fully saturated rings. The number of carbonyl (C=O) groups excluding carboxylic acids is 1. The van der Waals surface area contributed by atoms with Crippen LogP contribution in [0.4, 0.5) is 11.5 Å². The van der Waals surface area contributed by atoms with Crippen molar-refractivity contribution in [2.24, 2.45) is 0 Å². The molecular weight excluding hydrogens is 343 g/mol. The Morgan fingerprint density at radius 1 is 1.33 bits per heavy atom. The summed E-state index contributed by atoms with van der Waals surface area (Å²) in [6, 6.07) is 6.18. The van der Waals surface area contributed by atoms with Gasteiger partial charge in [0, 0.05) is 15.0 Å². The van der Waals surface area contributed by atoms with Crippen LogP contribution in [-0.4, -0.2) is 22.6 Å². The van der Waals surface area contributed by atoms with E-state index in [4.69, 9.17) is 0 Å². The SMILES string of the molecule is CC(C)Nc1c(NC=O)nnc2cc(I)ccc12. The fourth-order valence-electron chi connectivity index (χ4n) is 1.67. The molecule has 0 saturated heterocycles. The standard InChI is InChI=1S/C12H13IN4O/c1-7(2)15-11-9-4-3-8(13)5-10(9)16-17-12(11)14-6-18/h3-7H,1-2H3,(H,15,16)(H,14,17,18). The zero-order valence-corrected chi connectivity index (χ0v) is 12.2. The van der Waals surface area contributed by atoms with Gasteiger partial charge >= 0.3 is 0 Å². The summed E-state index contributed by atoms with van der Waals surface area (Å²) in [7, 11) is 0. The van der Waals surface area contributed by atoms with E-state index >= 15 is 0 Å². The fourth-order valence-corrected chi connectivity index (χ4v) is 2.15. The van der Waals surface area contributed by atoms with Gasteiger partial charge in [0.05, 0.1) is 11.2 Å². The smallest absolute Gasteiger partial charge is 0.212 e. The van der Waals surface area contributed by atoms with E-state index < -0.39 is 0 Å². The number of amides is 1. The van der Waals surface area contributed by atoms with Crippen LogP contribution in [-0.2, 0) is 4.79 Å². The highest BCUT2D eigenvalue weighted by atomic mass is 127. The number of hydrogen-bond acceptors (Lipinski definition) is 4. The lowest BCUT2D eigenvalue weighted by Gasteiger charge is -2.15. The maximum Gasteiger partial charge on any atom is 0.212 e. The van der Waals surface area contributed by atoms with Gasteiger partial charge in [0.15, 0.2) is 5.82 Å². The first-order chi connectivity index (χ1) is 8.61. The van der Waals surface area contributed by atoms with E-state index in [2.05, 4.69) is 43.4 Å². The average Bonchev–Trinajstić information content (AvgIpc) is 2.31. The molecule has 2 N–H and O–H groups in total. The Morgan fingerprint density at radius 2 is 2.11 bits per heavy atom. The molecule has 1 aromatic carbocycles. The zero-order valence-electron chi connectivity index (χ0n) is 10.1. The van der Waals surface area contributed by atoms with E-state index in [-0.39, 0.29) is 6.04 Å². The first-order valence-electron chi connectivity index (χ1n) is 5.54. The van der Waals surface area contributed by atoms with Gasteiger partial charge in [0.2, 0.25) is 6.41 Å². The minimum absolute atomic E-state index is 0.240. The minimum atomic E-state index is 0.240. The molecule has 2 rings (SSSR count). The summed E-state index contributed by atoms with van der Waals surface area (Å²) in [6.07, 6.45) is 0.605. The summed E-state index contributed by atoms with van der Waals surface area (Å²) in [5.41, 5.74) is 1.61. The van der Waals surface area contributed by atoms with Crippen molar-refractivity contribution in [1.29, 1.82) is 0 Å². The molecule has 1 aromatic heterocycles. The van der Waals surface area contributed by atoms with Crippen LogP contribution in [0, 0.1) is 3.57 Å². The van der Waals surface area contributed by atoms with Gasteiger partial charge in [-0.25, -0.2) is 0 Å². The highest BCUT2D eigenvalue weighted by Crippen LogP contribution is 2.29. The number of nitrogens with one attached hydrogen (secondary N) is 2. The molecule has 0 aliphatic rings. The summed E-state index contributed by atoms with van der Waals surface area (Å²) >= 11 is 2.23. The Kier molecular flexibility index (Phi) is 3.95. The van der Waals surface area contributed by atoms with Crippen molar-refractivity contribution in [2.45, 2.75) is 19.9 Å². The second-order valence-corrected chi connectivity index (χ2v) is 5.39. The largest absolute Gasteiger partial charge is 0.379 e. The molecule has 0 atom stereocenters. The van der Waals surface area contributed by atoms with Crippen LogP contribution in [0.2, 0.25) is 0 Å². The maximum absolute atomic E-state index is 10.6. The van der Waals surface area contributed by atoms with Crippen molar-refractivity contribution >= 4 is 51.4 Å². The number of hydrogen-bond donors (Lipinski definition) is 2. The second-order valence-electron chi connectivity index (χ2n) is 4.15. The van der Waals surface area contributed by atoms with E-state index in [1.54, 1.807) is 0 Å². The Balaban J connectivity index is 2.63. The first kappa shape index (κ1) is 13.0. The summed E-state index contributed by atoms with van der Waals surface area (Å²) < 4.78 is 1.10. The number of benzene rings is 1. The van der Waals surface area contributed by atoms with Crippen molar-refractivity contribution in [3.63, 3.8) is 0 Å².